The largest absolute Gasteiger partial charge is 0.381 e. The van der Waals surface area contributed by atoms with Crippen molar-refractivity contribution in [2.75, 3.05) is 7.11 Å². The van der Waals surface area contributed by atoms with Gasteiger partial charge in [-0.25, -0.2) is 0 Å². The zero-order valence-electron chi connectivity index (χ0n) is 9.86. The van der Waals surface area contributed by atoms with Crippen molar-refractivity contribution < 1.29 is 18.3 Å². The second kappa shape index (κ2) is 6.04. The summed E-state index contributed by atoms with van der Waals surface area (Å²) in [4.78, 5) is 0. The van der Waals surface area contributed by atoms with Crippen molar-refractivity contribution in [3.05, 3.63) is 0 Å². The summed E-state index contributed by atoms with van der Waals surface area (Å²) in [6.07, 6.45) is 1.73. The quantitative estimate of drug-likeness (QED) is 0.529. The fraction of sp³-hybridized carbons (Fsp3) is 1.00. The van der Waals surface area contributed by atoms with E-state index < -0.39 is 8.25 Å². The minimum absolute atomic E-state index is 0.0594. The van der Waals surface area contributed by atoms with Crippen LogP contribution in [0.5, 0.6) is 0 Å². The van der Waals surface area contributed by atoms with Gasteiger partial charge in [-0.1, -0.05) is 13.8 Å². The number of ether oxygens (including phenoxy) is 1. The van der Waals surface area contributed by atoms with Gasteiger partial charge in [0.15, 0.2) is 0 Å². The molecule has 0 aromatic rings. The van der Waals surface area contributed by atoms with Crippen LogP contribution in [0.25, 0.3) is 0 Å². The van der Waals surface area contributed by atoms with Gasteiger partial charge in [0, 0.05) is 13.1 Å². The van der Waals surface area contributed by atoms with Gasteiger partial charge < -0.3 is 13.8 Å². The minimum atomic E-state index is -2.33. The van der Waals surface area contributed by atoms with Crippen molar-refractivity contribution in [2.24, 2.45) is 5.92 Å². The Morgan fingerprint density at radius 2 is 2.27 bits per heavy atom. The van der Waals surface area contributed by atoms with Gasteiger partial charge in [0.25, 0.3) is 0 Å². The summed E-state index contributed by atoms with van der Waals surface area (Å²) < 4.78 is 26.9. The number of hydrogen-bond donors (Lipinski definition) is 0. The molecule has 1 heterocycles. The normalized spacial score (nSPS) is 33.5. The molecule has 4 atom stereocenters. The molecule has 0 aliphatic carbocycles. The van der Waals surface area contributed by atoms with Gasteiger partial charge in [-0.05, 0) is 18.8 Å². The fourth-order valence-electron chi connectivity index (χ4n) is 1.89. The topological polar surface area (TPSA) is 44.8 Å². The summed E-state index contributed by atoms with van der Waals surface area (Å²) in [7, 11) is 1.08. The van der Waals surface area contributed by atoms with E-state index in [1.165, 1.54) is 7.11 Å². The molecule has 6 heteroatoms. The first-order chi connectivity index (χ1) is 7.02. The molecule has 15 heavy (non-hydrogen) atoms. The molecule has 4 nitrogen and oxygen atoms in total. The maximum absolute atomic E-state index is 11.2. The SMILES string of the molecule is BC1CC(O[PH](=O)OC)C(CC(C)C)O1. The predicted octanol–water partition coefficient (Wildman–Crippen LogP) is 1.20. The summed E-state index contributed by atoms with van der Waals surface area (Å²) in [6, 6.07) is 0.186. The summed E-state index contributed by atoms with van der Waals surface area (Å²) in [5.41, 5.74) is 0. The lowest BCUT2D eigenvalue weighted by atomic mass is 9.95. The van der Waals surface area contributed by atoms with Crippen LogP contribution < -0.4 is 0 Å². The zero-order chi connectivity index (χ0) is 11.4. The van der Waals surface area contributed by atoms with E-state index in [4.69, 9.17) is 9.26 Å². The van der Waals surface area contributed by atoms with Gasteiger partial charge in [-0.2, -0.15) is 0 Å². The Labute approximate surface area is 93.0 Å². The predicted molar refractivity (Wildman–Crippen MR) is 62.2 cm³/mol. The molecule has 0 radical (unpaired) electrons. The lowest BCUT2D eigenvalue weighted by Gasteiger charge is -2.19. The standard InChI is InChI=1S/C9H20BO4P/c1-6(2)4-7-8(5-9(10)13-7)14-15(11)12-3/h6-9,15H,4-5,10H2,1-3H3. The summed E-state index contributed by atoms with van der Waals surface area (Å²) in [5, 5.41) is 0. The molecule has 0 aromatic carbocycles. The Bertz CT molecular complexity index is 224. The van der Waals surface area contributed by atoms with E-state index in [2.05, 4.69) is 18.4 Å². The molecule has 0 saturated carbocycles. The first-order valence-electron chi connectivity index (χ1n) is 5.43. The second-order valence-electron chi connectivity index (χ2n) is 4.46. The Kier molecular flexibility index (Phi) is 5.34. The molecular weight excluding hydrogens is 214 g/mol. The van der Waals surface area contributed by atoms with Gasteiger partial charge in [0.2, 0.25) is 0 Å². The Morgan fingerprint density at radius 3 is 2.80 bits per heavy atom. The van der Waals surface area contributed by atoms with E-state index in [0.717, 1.165) is 12.8 Å². The van der Waals surface area contributed by atoms with E-state index in [1.807, 2.05) is 7.85 Å². The minimum Gasteiger partial charge on any atom is -0.381 e. The van der Waals surface area contributed by atoms with Gasteiger partial charge in [0.1, 0.15) is 7.85 Å². The molecule has 88 valence electrons. The summed E-state index contributed by atoms with van der Waals surface area (Å²) >= 11 is 0. The lowest BCUT2D eigenvalue weighted by molar-refractivity contribution is 0.0265. The molecule has 1 fully saturated rings. The van der Waals surface area contributed by atoms with Gasteiger partial charge in [-0.3, -0.25) is 4.57 Å². The molecule has 0 N–H and O–H groups in total. The number of hydrogen-bond acceptors (Lipinski definition) is 4. The smallest absolute Gasteiger partial charge is 0.319 e. The molecular formula is C9H20BO4P. The van der Waals surface area contributed by atoms with E-state index in [1.54, 1.807) is 0 Å². The van der Waals surface area contributed by atoms with Gasteiger partial charge in [0.05, 0.1) is 12.2 Å². The molecule has 1 saturated heterocycles. The van der Waals surface area contributed by atoms with Crippen LogP contribution in [0.15, 0.2) is 0 Å². The molecule has 1 aliphatic rings. The monoisotopic (exact) mass is 234 g/mol. The van der Waals surface area contributed by atoms with Crippen LogP contribution in [0.1, 0.15) is 26.7 Å². The van der Waals surface area contributed by atoms with Crippen LogP contribution in [-0.4, -0.2) is 33.2 Å². The van der Waals surface area contributed by atoms with Crippen LogP contribution in [0, 0.1) is 5.92 Å². The highest BCUT2D eigenvalue weighted by atomic mass is 31.1. The molecule has 0 aromatic heterocycles. The summed E-state index contributed by atoms with van der Waals surface area (Å²) in [6.45, 7) is 4.28. The fourth-order valence-corrected chi connectivity index (χ4v) is 2.48. The van der Waals surface area contributed by atoms with Crippen LogP contribution in [0.4, 0.5) is 0 Å². The Balaban J connectivity index is 2.48. The Morgan fingerprint density at radius 1 is 1.60 bits per heavy atom. The lowest BCUT2D eigenvalue weighted by Crippen LogP contribution is -2.24. The van der Waals surface area contributed by atoms with Crippen molar-refractivity contribution >= 4 is 16.1 Å². The van der Waals surface area contributed by atoms with Crippen molar-refractivity contribution in [3.8, 4) is 0 Å². The first kappa shape index (κ1) is 13.2. The van der Waals surface area contributed by atoms with Crippen LogP contribution in [0.2, 0.25) is 0 Å². The molecule has 0 spiro atoms. The molecule has 1 rings (SSSR count). The van der Waals surface area contributed by atoms with E-state index in [9.17, 15) is 4.57 Å². The summed E-state index contributed by atoms with van der Waals surface area (Å²) in [5.74, 6) is 0.552. The third-order valence-corrected chi connectivity index (χ3v) is 3.33. The highest BCUT2D eigenvalue weighted by Gasteiger charge is 2.34. The Hall–Kier alpha value is 0.175. The zero-order valence-corrected chi connectivity index (χ0v) is 10.9. The van der Waals surface area contributed by atoms with E-state index in [0.29, 0.717) is 5.92 Å². The average Bonchev–Trinajstić information content (AvgIpc) is 2.45. The highest BCUT2D eigenvalue weighted by molar-refractivity contribution is 7.33. The number of rotatable bonds is 5. The first-order valence-corrected chi connectivity index (χ1v) is 6.65. The van der Waals surface area contributed by atoms with Crippen LogP contribution in [0.3, 0.4) is 0 Å². The molecule has 0 amide bonds. The van der Waals surface area contributed by atoms with Crippen molar-refractivity contribution in [2.45, 2.75) is 44.9 Å². The van der Waals surface area contributed by atoms with E-state index in [-0.39, 0.29) is 18.2 Å². The van der Waals surface area contributed by atoms with Gasteiger partial charge in [-0.15, -0.1) is 0 Å². The van der Waals surface area contributed by atoms with Crippen LogP contribution in [-0.2, 0) is 18.3 Å². The maximum atomic E-state index is 11.2. The van der Waals surface area contributed by atoms with Crippen molar-refractivity contribution in [1.29, 1.82) is 0 Å². The average molecular weight is 234 g/mol. The van der Waals surface area contributed by atoms with E-state index >= 15 is 0 Å². The van der Waals surface area contributed by atoms with Crippen molar-refractivity contribution in [3.63, 3.8) is 0 Å². The third-order valence-electron chi connectivity index (χ3n) is 2.50. The maximum Gasteiger partial charge on any atom is 0.319 e. The van der Waals surface area contributed by atoms with Crippen molar-refractivity contribution in [1.82, 2.24) is 0 Å². The highest BCUT2D eigenvalue weighted by Crippen LogP contribution is 2.34. The molecule has 4 unspecified atom stereocenters. The molecule has 1 aliphatic heterocycles. The van der Waals surface area contributed by atoms with Gasteiger partial charge >= 0.3 is 8.25 Å². The second-order valence-corrected chi connectivity index (χ2v) is 5.60. The van der Waals surface area contributed by atoms with Crippen LogP contribution >= 0.6 is 8.25 Å². The third kappa shape index (κ3) is 4.27. The molecule has 0 bridgehead atoms.